The lowest BCUT2D eigenvalue weighted by molar-refractivity contribution is 0.0696. The highest BCUT2D eigenvalue weighted by molar-refractivity contribution is 7.16. The number of benzene rings is 1. The van der Waals surface area contributed by atoms with E-state index < -0.39 is 5.97 Å². The Bertz CT molecular complexity index is 1050. The fourth-order valence-corrected chi connectivity index (χ4v) is 6.52. The Hall–Kier alpha value is -2.40. The van der Waals surface area contributed by atoms with Crippen molar-refractivity contribution in [2.75, 3.05) is 11.9 Å². The zero-order chi connectivity index (χ0) is 22.9. The van der Waals surface area contributed by atoms with Gasteiger partial charge in [0.15, 0.2) is 0 Å². The average molecular weight is 454 g/mol. The first-order chi connectivity index (χ1) is 15.3. The number of nitrogens with zero attached hydrogens (tertiary/aromatic N) is 1. The van der Waals surface area contributed by atoms with Gasteiger partial charge in [-0.15, -0.1) is 11.3 Å². The van der Waals surface area contributed by atoms with Crippen molar-refractivity contribution in [2.24, 2.45) is 17.2 Å². The van der Waals surface area contributed by atoms with Crippen LogP contribution in [0.15, 0.2) is 18.2 Å². The standard InChI is InChI=1S/C25H31N3O3S/c1-25(2)10-9-21-18(12-25)22(24(29)30)23(32-21)17-11-15(13-26)7-8-20(17)28-19-6-4-3-5-16(19)14-31-27/h7-8,11,16,19,28H,3-6,9-10,12,14,27H2,1-2H3,(H,29,30)/t16-,19+/m0/s1. The Morgan fingerprint density at radius 3 is 2.88 bits per heavy atom. The van der Waals surface area contributed by atoms with Crippen molar-refractivity contribution in [3.05, 3.63) is 39.8 Å². The summed E-state index contributed by atoms with van der Waals surface area (Å²) < 4.78 is 0. The van der Waals surface area contributed by atoms with Gasteiger partial charge in [-0.1, -0.05) is 26.7 Å². The van der Waals surface area contributed by atoms with E-state index in [1.165, 1.54) is 0 Å². The molecule has 2 aromatic rings. The van der Waals surface area contributed by atoms with E-state index in [2.05, 4.69) is 25.2 Å². The Labute approximate surface area is 193 Å². The predicted molar refractivity (Wildman–Crippen MR) is 127 cm³/mol. The van der Waals surface area contributed by atoms with E-state index in [4.69, 9.17) is 10.7 Å². The van der Waals surface area contributed by atoms with Crippen LogP contribution in [0.2, 0.25) is 0 Å². The van der Waals surface area contributed by atoms with Gasteiger partial charge in [-0.3, -0.25) is 0 Å². The Morgan fingerprint density at radius 2 is 2.16 bits per heavy atom. The van der Waals surface area contributed by atoms with E-state index in [1.807, 2.05) is 12.1 Å². The van der Waals surface area contributed by atoms with Gasteiger partial charge < -0.3 is 15.3 Å². The van der Waals surface area contributed by atoms with Crippen LogP contribution in [-0.4, -0.2) is 23.7 Å². The van der Waals surface area contributed by atoms with Gasteiger partial charge in [0.25, 0.3) is 0 Å². The third kappa shape index (κ3) is 4.54. The summed E-state index contributed by atoms with van der Waals surface area (Å²) in [6.07, 6.45) is 7.05. The molecule has 1 aromatic heterocycles. The lowest BCUT2D eigenvalue weighted by atomic mass is 9.76. The van der Waals surface area contributed by atoms with Gasteiger partial charge >= 0.3 is 5.97 Å². The molecule has 1 saturated carbocycles. The number of fused-ring (bicyclic) bond motifs is 1. The maximum absolute atomic E-state index is 12.4. The molecule has 0 bridgehead atoms. The normalized spacial score (nSPS) is 22.1. The molecular formula is C25H31N3O3S. The van der Waals surface area contributed by atoms with Crippen LogP contribution in [0.4, 0.5) is 5.69 Å². The molecule has 6 nitrogen and oxygen atoms in total. The summed E-state index contributed by atoms with van der Waals surface area (Å²) in [4.78, 5) is 19.3. The molecule has 4 N–H and O–H groups in total. The van der Waals surface area contributed by atoms with Gasteiger partial charge in [0.1, 0.15) is 0 Å². The van der Waals surface area contributed by atoms with Crippen LogP contribution in [-0.2, 0) is 17.7 Å². The quantitative estimate of drug-likeness (QED) is 0.508. The second-order valence-corrected chi connectivity index (χ2v) is 11.0. The van der Waals surface area contributed by atoms with Crippen molar-refractivity contribution < 1.29 is 14.7 Å². The molecular weight excluding hydrogens is 422 g/mol. The van der Waals surface area contributed by atoms with Crippen LogP contribution >= 0.6 is 11.3 Å². The molecule has 32 heavy (non-hydrogen) atoms. The van der Waals surface area contributed by atoms with Crippen LogP contribution in [0.1, 0.15) is 72.3 Å². The van der Waals surface area contributed by atoms with Crippen molar-refractivity contribution >= 4 is 23.0 Å². The smallest absolute Gasteiger partial charge is 0.337 e. The molecule has 2 aliphatic rings. The van der Waals surface area contributed by atoms with Crippen LogP contribution in [0, 0.1) is 22.7 Å². The summed E-state index contributed by atoms with van der Waals surface area (Å²) in [6.45, 7) is 4.89. The molecule has 0 aliphatic heterocycles. The number of thiophene rings is 1. The number of hydrogen-bond acceptors (Lipinski definition) is 6. The summed E-state index contributed by atoms with van der Waals surface area (Å²) in [5.74, 6) is 4.78. The maximum atomic E-state index is 12.4. The lowest BCUT2D eigenvalue weighted by Gasteiger charge is -2.33. The SMILES string of the molecule is CC1(C)CCc2sc(-c3cc(C#N)ccc3N[C@@H]3CCCC[C@H]3CON)c(C(=O)O)c2C1. The molecule has 0 unspecified atom stereocenters. The Morgan fingerprint density at radius 1 is 1.38 bits per heavy atom. The number of hydrogen-bond donors (Lipinski definition) is 3. The minimum Gasteiger partial charge on any atom is -0.478 e. The molecule has 2 aliphatic carbocycles. The van der Waals surface area contributed by atoms with Crippen LogP contribution in [0.3, 0.4) is 0 Å². The number of carboxylic acids is 1. The van der Waals surface area contributed by atoms with Crippen molar-refractivity contribution in [2.45, 2.75) is 64.8 Å². The van der Waals surface area contributed by atoms with E-state index in [1.54, 1.807) is 17.4 Å². The Kier molecular flexibility index (Phi) is 6.57. The van der Waals surface area contributed by atoms with Gasteiger partial charge in [0, 0.05) is 28.1 Å². The van der Waals surface area contributed by atoms with Gasteiger partial charge in [0.2, 0.25) is 0 Å². The number of rotatable bonds is 6. The van der Waals surface area contributed by atoms with E-state index in [-0.39, 0.29) is 11.5 Å². The highest BCUT2D eigenvalue weighted by Crippen LogP contribution is 2.47. The number of anilines is 1. The van der Waals surface area contributed by atoms with E-state index >= 15 is 0 Å². The van der Waals surface area contributed by atoms with Crippen LogP contribution < -0.4 is 11.2 Å². The third-order valence-corrected chi connectivity index (χ3v) is 8.27. The summed E-state index contributed by atoms with van der Waals surface area (Å²) in [7, 11) is 0. The molecule has 0 radical (unpaired) electrons. The molecule has 0 spiro atoms. The molecule has 1 heterocycles. The zero-order valence-electron chi connectivity index (χ0n) is 18.7. The van der Waals surface area contributed by atoms with Crippen molar-refractivity contribution in [1.82, 2.24) is 0 Å². The predicted octanol–water partition coefficient (Wildman–Crippen LogP) is 5.36. The molecule has 2 atom stereocenters. The molecule has 0 amide bonds. The number of nitriles is 1. The average Bonchev–Trinajstić information content (AvgIpc) is 3.13. The molecule has 7 heteroatoms. The summed E-state index contributed by atoms with van der Waals surface area (Å²) >= 11 is 1.58. The van der Waals surface area contributed by atoms with Gasteiger partial charge in [-0.25, -0.2) is 10.7 Å². The fourth-order valence-electron chi connectivity index (χ4n) is 5.18. The summed E-state index contributed by atoms with van der Waals surface area (Å²) in [5, 5.41) is 23.4. The second-order valence-electron chi connectivity index (χ2n) is 9.85. The number of aromatic carboxylic acids is 1. The van der Waals surface area contributed by atoms with Gasteiger partial charge in [-0.05, 0) is 61.3 Å². The van der Waals surface area contributed by atoms with E-state index in [0.717, 1.165) is 71.5 Å². The topological polar surface area (TPSA) is 108 Å². The van der Waals surface area contributed by atoms with Gasteiger partial charge in [-0.2, -0.15) is 5.26 Å². The molecule has 1 fully saturated rings. The van der Waals surface area contributed by atoms with Gasteiger partial charge in [0.05, 0.1) is 28.7 Å². The highest BCUT2D eigenvalue weighted by Gasteiger charge is 2.34. The van der Waals surface area contributed by atoms with Crippen molar-refractivity contribution in [3.63, 3.8) is 0 Å². The second kappa shape index (κ2) is 9.22. The van der Waals surface area contributed by atoms with Crippen LogP contribution in [0.5, 0.6) is 0 Å². The van der Waals surface area contributed by atoms with Crippen LogP contribution in [0.25, 0.3) is 10.4 Å². The van der Waals surface area contributed by atoms with Crippen molar-refractivity contribution in [3.8, 4) is 16.5 Å². The molecule has 170 valence electrons. The Balaban J connectivity index is 1.79. The first-order valence-electron chi connectivity index (χ1n) is 11.3. The fraction of sp³-hybridized carbons (Fsp3) is 0.520. The largest absolute Gasteiger partial charge is 0.478 e. The highest BCUT2D eigenvalue weighted by atomic mass is 32.1. The number of carboxylic acid groups (broad SMARTS) is 1. The minimum absolute atomic E-state index is 0.0860. The first-order valence-corrected chi connectivity index (χ1v) is 12.1. The minimum atomic E-state index is -0.893. The third-order valence-electron chi connectivity index (χ3n) is 6.94. The van der Waals surface area contributed by atoms with E-state index in [9.17, 15) is 15.2 Å². The maximum Gasteiger partial charge on any atom is 0.337 e. The summed E-state index contributed by atoms with van der Waals surface area (Å²) in [5.41, 5.74) is 3.66. The monoisotopic (exact) mass is 453 g/mol. The molecule has 4 rings (SSSR count). The number of nitrogens with one attached hydrogen (secondary N) is 1. The molecule has 1 aromatic carbocycles. The van der Waals surface area contributed by atoms with Crippen molar-refractivity contribution in [1.29, 1.82) is 5.26 Å². The number of carbonyl (C=O) groups is 1. The lowest BCUT2D eigenvalue weighted by Crippen LogP contribution is -2.35. The number of aryl methyl sites for hydroxylation is 1. The summed E-state index contributed by atoms with van der Waals surface area (Å²) in [6, 6.07) is 7.94. The first kappa shape index (κ1) is 22.8. The molecule has 0 saturated heterocycles. The zero-order valence-corrected chi connectivity index (χ0v) is 19.6. The number of nitrogens with two attached hydrogens (primary N) is 1. The van der Waals surface area contributed by atoms with E-state index in [0.29, 0.717) is 23.7 Å².